The summed E-state index contributed by atoms with van der Waals surface area (Å²) in [5.41, 5.74) is -0.483. The summed E-state index contributed by atoms with van der Waals surface area (Å²) in [4.78, 5) is 15.7. The van der Waals surface area contributed by atoms with Crippen molar-refractivity contribution in [1.82, 2.24) is 20.1 Å². The smallest absolute Gasteiger partial charge is 0.291 e. The Morgan fingerprint density at radius 2 is 1.86 bits per heavy atom. The van der Waals surface area contributed by atoms with Crippen LogP contribution >= 0.6 is 0 Å². The van der Waals surface area contributed by atoms with Gasteiger partial charge in [0.05, 0.1) is 12.1 Å². The summed E-state index contributed by atoms with van der Waals surface area (Å²) in [6.07, 6.45) is 1.41. The molecule has 0 aliphatic carbocycles. The van der Waals surface area contributed by atoms with E-state index in [1.165, 1.54) is 35.3 Å². The van der Waals surface area contributed by atoms with Crippen molar-refractivity contribution in [1.29, 1.82) is 0 Å². The summed E-state index contributed by atoms with van der Waals surface area (Å²) < 4.78 is 29.4. The zero-order valence-corrected chi connectivity index (χ0v) is 12.7. The number of rotatable bonds is 4. The van der Waals surface area contributed by atoms with Crippen LogP contribution in [-0.2, 0) is 11.5 Å². The van der Waals surface area contributed by atoms with Crippen LogP contribution in [-0.4, -0.2) is 27.2 Å². The molecule has 0 radical (unpaired) electrons. The molecule has 0 saturated carbocycles. The van der Waals surface area contributed by atoms with Crippen molar-refractivity contribution < 1.29 is 13.6 Å². The van der Waals surface area contributed by atoms with E-state index in [0.29, 0.717) is 0 Å². The third-order valence-corrected chi connectivity index (χ3v) is 3.05. The zero-order valence-electron chi connectivity index (χ0n) is 12.7. The average molecular weight is 308 g/mol. The molecule has 0 aliphatic rings. The highest BCUT2D eigenvalue weighted by Gasteiger charge is 2.32. The zero-order chi connectivity index (χ0) is 16.4. The van der Waals surface area contributed by atoms with Crippen LogP contribution in [0.4, 0.5) is 8.78 Å². The molecule has 0 saturated heterocycles. The first kappa shape index (κ1) is 16.1. The summed E-state index contributed by atoms with van der Waals surface area (Å²) in [6, 6.07) is 7.34. The number of benzene rings is 1. The van der Waals surface area contributed by atoms with Crippen molar-refractivity contribution in [2.24, 2.45) is 0 Å². The fourth-order valence-corrected chi connectivity index (χ4v) is 1.74. The molecule has 7 heteroatoms. The topological polar surface area (TPSA) is 59.8 Å². The highest BCUT2D eigenvalue weighted by molar-refractivity contribution is 5.90. The van der Waals surface area contributed by atoms with Crippen molar-refractivity contribution in [2.45, 2.75) is 32.2 Å². The van der Waals surface area contributed by atoms with Crippen molar-refractivity contribution >= 4 is 5.91 Å². The molecule has 0 fully saturated rings. The first-order valence-corrected chi connectivity index (χ1v) is 6.84. The maximum atomic E-state index is 14.0. The maximum Gasteiger partial charge on any atom is 0.291 e. The van der Waals surface area contributed by atoms with Gasteiger partial charge in [0.1, 0.15) is 6.33 Å². The molecule has 0 bridgehead atoms. The van der Waals surface area contributed by atoms with Crippen molar-refractivity contribution in [3.05, 3.63) is 48.0 Å². The summed E-state index contributed by atoms with van der Waals surface area (Å²) in [5.74, 6) is -4.00. The minimum absolute atomic E-state index is 0.126. The number of carbonyl (C=O) groups excluding carboxylic acids is 1. The molecule has 118 valence electrons. The average Bonchev–Trinajstić information content (AvgIpc) is 2.96. The van der Waals surface area contributed by atoms with Crippen LogP contribution in [0, 0.1) is 0 Å². The molecule has 1 heterocycles. The van der Waals surface area contributed by atoms with Gasteiger partial charge in [0.15, 0.2) is 0 Å². The van der Waals surface area contributed by atoms with Gasteiger partial charge in [-0.15, -0.1) is 5.10 Å². The second kappa shape index (κ2) is 5.82. The van der Waals surface area contributed by atoms with Gasteiger partial charge in [-0.25, -0.2) is 9.67 Å². The highest BCUT2D eigenvalue weighted by Crippen LogP contribution is 2.26. The van der Waals surface area contributed by atoms with E-state index in [-0.39, 0.29) is 16.9 Å². The summed E-state index contributed by atoms with van der Waals surface area (Å²) in [7, 11) is 0. The Morgan fingerprint density at radius 3 is 2.41 bits per heavy atom. The van der Waals surface area contributed by atoms with E-state index >= 15 is 0 Å². The molecule has 0 spiro atoms. The number of hydrogen-bond donors (Lipinski definition) is 1. The largest absolute Gasteiger partial charge is 0.343 e. The molecule has 22 heavy (non-hydrogen) atoms. The molecular weight excluding hydrogens is 290 g/mol. The summed E-state index contributed by atoms with van der Waals surface area (Å²) in [6.45, 7) is 4.88. The van der Waals surface area contributed by atoms with Crippen molar-refractivity contribution in [3.8, 4) is 0 Å². The van der Waals surface area contributed by atoms with Gasteiger partial charge in [0.25, 0.3) is 11.8 Å². The van der Waals surface area contributed by atoms with E-state index in [0.717, 1.165) is 0 Å². The number of carbonyl (C=O) groups is 1. The van der Waals surface area contributed by atoms with Crippen molar-refractivity contribution in [2.75, 3.05) is 6.54 Å². The van der Waals surface area contributed by atoms with Gasteiger partial charge < -0.3 is 5.32 Å². The third kappa shape index (κ3) is 3.66. The number of nitrogens with one attached hydrogen (secondary N) is 1. The first-order chi connectivity index (χ1) is 10.2. The standard InChI is InChI=1S/C15H18F2N4O/c1-14(2,3)21-10-19-12(20-21)13(22)18-9-15(16,17)11-7-5-4-6-8-11/h4-8,10H,9H2,1-3H3,(H,18,22). The second-order valence-corrected chi connectivity index (χ2v) is 5.94. The molecule has 0 atom stereocenters. The van der Waals surface area contributed by atoms with Gasteiger partial charge in [-0.05, 0) is 20.8 Å². The normalized spacial score (nSPS) is 12.2. The van der Waals surface area contributed by atoms with E-state index in [1.807, 2.05) is 20.8 Å². The molecule has 0 unspecified atom stereocenters. The monoisotopic (exact) mass is 308 g/mol. The third-order valence-electron chi connectivity index (χ3n) is 3.05. The lowest BCUT2D eigenvalue weighted by atomic mass is 10.1. The lowest BCUT2D eigenvalue weighted by Crippen LogP contribution is -2.35. The van der Waals surface area contributed by atoms with Crippen LogP contribution in [0.1, 0.15) is 37.0 Å². The molecule has 2 aromatic rings. The fraction of sp³-hybridized carbons (Fsp3) is 0.400. The van der Waals surface area contributed by atoms with E-state index in [9.17, 15) is 13.6 Å². The van der Waals surface area contributed by atoms with Gasteiger partial charge in [-0.3, -0.25) is 4.79 Å². The van der Waals surface area contributed by atoms with Gasteiger partial charge in [-0.2, -0.15) is 8.78 Å². The predicted octanol–water partition coefficient (Wildman–Crippen LogP) is 2.55. The number of aromatic nitrogens is 3. The lowest BCUT2D eigenvalue weighted by molar-refractivity contribution is -0.00258. The number of hydrogen-bond acceptors (Lipinski definition) is 3. The van der Waals surface area contributed by atoms with Crippen molar-refractivity contribution in [3.63, 3.8) is 0 Å². The lowest BCUT2D eigenvalue weighted by Gasteiger charge is -2.18. The summed E-state index contributed by atoms with van der Waals surface area (Å²) >= 11 is 0. The Balaban J connectivity index is 2.02. The second-order valence-electron chi connectivity index (χ2n) is 5.94. The Kier molecular flexibility index (Phi) is 4.25. The number of alkyl halides is 2. The molecule has 1 amide bonds. The van der Waals surface area contributed by atoms with Crippen LogP contribution in [0.15, 0.2) is 36.7 Å². The minimum Gasteiger partial charge on any atom is -0.343 e. The number of amides is 1. The molecule has 0 aliphatic heterocycles. The molecule has 5 nitrogen and oxygen atoms in total. The van der Waals surface area contributed by atoms with Crippen LogP contribution in [0.2, 0.25) is 0 Å². The molecule has 2 rings (SSSR count). The molecule has 1 aromatic heterocycles. The van der Waals surface area contributed by atoms with Crippen LogP contribution < -0.4 is 5.32 Å². The SMILES string of the molecule is CC(C)(C)n1cnc(C(=O)NCC(F)(F)c2ccccc2)n1. The van der Waals surface area contributed by atoms with E-state index in [2.05, 4.69) is 15.4 Å². The molecule has 1 N–H and O–H groups in total. The maximum absolute atomic E-state index is 14.0. The predicted molar refractivity (Wildman–Crippen MR) is 77.7 cm³/mol. The van der Waals surface area contributed by atoms with Crippen LogP contribution in [0.25, 0.3) is 0 Å². The Bertz CT molecular complexity index is 647. The first-order valence-electron chi connectivity index (χ1n) is 6.84. The molecule has 1 aromatic carbocycles. The highest BCUT2D eigenvalue weighted by atomic mass is 19.3. The van der Waals surface area contributed by atoms with Gasteiger partial charge in [0, 0.05) is 5.56 Å². The quantitative estimate of drug-likeness (QED) is 0.944. The summed E-state index contributed by atoms with van der Waals surface area (Å²) in [5, 5.41) is 6.18. The van der Waals surface area contributed by atoms with E-state index in [1.54, 1.807) is 6.07 Å². The number of halogens is 2. The fourth-order valence-electron chi connectivity index (χ4n) is 1.74. The van der Waals surface area contributed by atoms with Crippen LogP contribution in [0.5, 0.6) is 0 Å². The Labute approximate surface area is 127 Å². The minimum atomic E-state index is -3.15. The van der Waals surface area contributed by atoms with E-state index < -0.39 is 18.4 Å². The van der Waals surface area contributed by atoms with Crippen LogP contribution in [0.3, 0.4) is 0 Å². The Hall–Kier alpha value is -2.31. The van der Waals surface area contributed by atoms with E-state index in [4.69, 9.17) is 0 Å². The Morgan fingerprint density at radius 1 is 1.23 bits per heavy atom. The van der Waals surface area contributed by atoms with Gasteiger partial charge >= 0.3 is 0 Å². The van der Waals surface area contributed by atoms with Gasteiger partial charge in [0.2, 0.25) is 5.82 Å². The van der Waals surface area contributed by atoms with Gasteiger partial charge in [-0.1, -0.05) is 30.3 Å². The number of nitrogens with zero attached hydrogens (tertiary/aromatic N) is 3. The molecular formula is C15H18F2N4O.